The Morgan fingerprint density at radius 1 is 1.25 bits per heavy atom. The third-order valence-electron chi connectivity index (χ3n) is 3.25. The van der Waals surface area contributed by atoms with Crippen molar-refractivity contribution in [2.75, 3.05) is 6.54 Å². The van der Waals surface area contributed by atoms with Gasteiger partial charge in [-0.3, -0.25) is 0 Å². The first-order chi connectivity index (χ1) is 9.56. The minimum Gasteiger partial charge on any atom is -0.313 e. The third-order valence-corrected chi connectivity index (χ3v) is 4.15. The third kappa shape index (κ3) is 3.00. The molecule has 1 heterocycles. The molecule has 0 saturated carbocycles. The van der Waals surface area contributed by atoms with E-state index in [2.05, 4.69) is 17.3 Å². The number of benzene rings is 1. The van der Waals surface area contributed by atoms with Crippen molar-refractivity contribution in [2.45, 2.75) is 33.7 Å². The van der Waals surface area contributed by atoms with Crippen LogP contribution in [-0.2, 0) is 6.54 Å². The lowest BCUT2D eigenvalue weighted by molar-refractivity contribution is 0.669. The van der Waals surface area contributed by atoms with Crippen LogP contribution in [-0.4, -0.2) is 16.3 Å². The molecule has 1 aromatic carbocycles. The summed E-state index contributed by atoms with van der Waals surface area (Å²) in [6.45, 7) is 7.69. The molecule has 2 aromatic rings. The summed E-state index contributed by atoms with van der Waals surface area (Å²) in [5, 5.41) is 9.34. The molecule has 0 aliphatic carbocycles. The van der Waals surface area contributed by atoms with Crippen molar-refractivity contribution in [1.82, 2.24) is 15.1 Å². The molecule has 0 spiro atoms. The first kappa shape index (κ1) is 15.4. The van der Waals surface area contributed by atoms with Crippen molar-refractivity contribution in [1.29, 1.82) is 0 Å². The molecule has 20 heavy (non-hydrogen) atoms. The molecule has 0 fully saturated rings. The zero-order valence-corrected chi connectivity index (χ0v) is 13.5. The maximum absolute atomic E-state index is 6.34. The highest BCUT2D eigenvalue weighted by atomic mass is 35.5. The zero-order valence-electron chi connectivity index (χ0n) is 12.0. The summed E-state index contributed by atoms with van der Waals surface area (Å²) in [5.41, 5.74) is 3.79. The first-order valence-electron chi connectivity index (χ1n) is 6.76. The minimum atomic E-state index is 0.706. The van der Waals surface area contributed by atoms with Crippen molar-refractivity contribution < 1.29 is 0 Å². The molecule has 2 rings (SSSR count). The van der Waals surface area contributed by atoms with Gasteiger partial charge in [-0.25, -0.2) is 4.68 Å². The molecule has 0 atom stereocenters. The number of aryl methyl sites for hydroxylation is 1. The fourth-order valence-electron chi connectivity index (χ4n) is 2.17. The van der Waals surface area contributed by atoms with E-state index in [0.717, 1.165) is 47.2 Å². The van der Waals surface area contributed by atoms with Gasteiger partial charge in [0.25, 0.3) is 0 Å². The molecule has 0 unspecified atom stereocenters. The average molecular weight is 312 g/mol. The van der Waals surface area contributed by atoms with E-state index in [1.807, 2.05) is 36.7 Å². The van der Waals surface area contributed by atoms with Gasteiger partial charge in [-0.05, 0) is 38.9 Å². The van der Waals surface area contributed by atoms with Crippen LogP contribution in [0.25, 0.3) is 5.69 Å². The Hall–Kier alpha value is -1.03. The summed E-state index contributed by atoms with van der Waals surface area (Å²) in [4.78, 5) is 0. The molecule has 0 radical (unpaired) electrons. The van der Waals surface area contributed by atoms with E-state index < -0.39 is 0 Å². The molecule has 0 aliphatic heterocycles. The molecule has 0 aliphatic rings. The molecule has 0 bridgehead atoms. The van der Waals surface area contributed by atoms with Crippen molar-refractivity contribution in [3.63, 3.8) is 0 Å². The normalized spacial score (nSPS) is 11.1. The number of nitrogens with one attached hydrogen (secondary N) is 1. The van der Waals surface area contributed by atoms with Crippen LogP contribution >= 0.6 is 23.2 Å². The van der Waals surface area contributed by atoms with Crippen molar-refractivity contribution in [3.05, 3.63) is 45.2 Å². The molecular formula is C15H19Cl2N3. The van der Waals surface area contributed by atoms with E-state index >= 15 is 0 Å². The second-order valence-corrected chi connectivity index (χ2v) is 5.60. The molecule has 1 N–H and O–H groups in total. The fourth-order valence-corrected chi connectivity index (χ4v) is 2.52. The standard InChI is InChI=1S/C15H19Cl2N3/c1-4-8-18-9-12-13(16)6-5-7-14(12)20-11(3)15(17)10(2)19-20/h5-7,18H,4,8-9H2,1-3H3. The van der Waals surface area contributed by atoms with E-state index in [1.165, 1.54) is 0 Å². The molecular weight excluding hydrogens is 293 g/mol. The topological polar surface area (TPSA) is 29.9 Å². The summed E-state index contributed by atoms with van der Waals surface area (Å²) < 4.78 is 1.87. The van der Waals surface area contributed by atoms with Gasteiger partial charge in [0.1, 0.15) is 0 Å². The van der Waals surface area contributed by atoms with Gasteiger partial charge in [0.15, 0.2) is 0 Å². The second kappa shape index (κ2) is 6.61. The Morgan fingerprint density at radius 2 is 2.00 bits per heavy atom. The van der Waals surface area contributed by atoms with Crippen molar-refractivity contribution in [2.24, 2.45) is 0 Å². The van der Waals surface area contributed by atoms with Gasteiger partial charge in [0.2, 0.25) is 0 Å². The predicted molar refractivity (Wildman–Crippen MR) is 85.1 cm³/mol. The van der Waals surface area contributed by atoms with Gasteiger partial charge in [-0.15, -0.1) is 0 Å². The molecule has 5 heteroatoms. The smallest absolute Gasteiger partial charge is 0.0848 e. The van der Waals surface area contributed by atoms with Crippen LogP contribution in [0.4, 0.5) is 0 Å². The van der Waals surface area contributed by atoms with Crippen LogP contribution < -0.4 is 5.32 Å². The number of nitrogens with zero attached hydrogens (tertiary/aromatic N) is 2. The predicted octanol–water partition coefficient (Wildman–Crippen LogP) is 4.30. The Kier molecular flexibility index (Phi) is 5.08. The Morgan fingerprint density at radius 3 is 2.60 bits per heavy atom. The molecule has 0 amide bonds. The Balaban J connectivity index is 2.45. The minimum absolute atomic E-state index is 0.706. The quantitative estimate of drug-likeness (QED) is 0.834. The summed E-state index contributed by atoms with van der Waals surface area (Å²) in [6.07, 6.45) is 1.09. The maximum Gasteiger partial charge on any atom is 0.0848 e. The Bertz CT molecular complexity index is 605. The van der Waals surface area contributed by atoms with Gasteiger partial charge < -0.3 is 5.32 Å². The van der Waals surface area contributed by atoms with E-state index in [9.17, 15) is 0 Å². The number of halogens is 2. The van der Waals surface area contributed by atoms with Crippen molar-refractivity contribution in [3.8, 4) is 5.69 Å². The average Bonchev–Trinajstić information content (AvgIpc) is 2.68. The van der Waals surface area contributed by atoms with Gasteiger partial charge in [-0.2, -0.15) is 5.10 Å². The number of hydrogen-bond donors (Lipinski definition) is 1. The highest BCUT2D eigenvalue weighted by Crippen LogP contribution is 2.27. The first-order valence-corrected chi connectivity index (χ1v) is 7.52. The van der Waals surface area contributed by atoms with Gasteiger partial charge in [0.05, 0.1) is 22.1 Å². The summed E-state index contributed by atoms with van der Waals surface area (Å²) in [6, 6.07) is 5.86. The van der Waals surface area contributed by atoms with E-state index in [4.69, 9.17) is 23.2 Å². The number of hydrogen-bond acceptors (Lipinski definition) is 2. The SMILES string of the molecule is CCCNCc1c(Cl)cccc1-n1nc(C)c(Cl)c1C. The number of rotatable bonds is 5. The van der Waals surface area contributed by atoms with Crippen LogP contribution in [0.3, 0.4) is 0 Å². The fraction of sp³-hybridized carbons (Fsp3) is 0.400. The van der Waals surface area contributed by atoms with Gasteiger partial charge >= 0.3 is 0 Å². The largest absolute Gasteiger partial charge is 0.313 e. The van der Waals surface area contributed by atoms with E-state index in [-0.39, 0.29) is 0 Å². The highest BCUT2D eigenvalue weighted by molar-refractivity contribution is 6.32. The van der Waals surface area contributed by atoms with Gasteiger partial charge in [-0.1, -0.05) is 36.2 Å². The van der Waals surface area contributed by atoms with Gasteiger partial charge in [0, 0.05) is 17.1 Å². The maximum atomic E-state index is 6.34. The molecule has 3 nitrogen and oxygen atoms in total. The Labute approximate surface area is 129 Å². The highest BCUT2D eigenvalue weighted by Gasteiger charge is 2.15. The lowest BCUT2D eigenvalue weighted by Crippen LogP contribution is -2.16. The lowest BCUT2D eigenvalue weighted by atomic mass is 10.1. The molecule has 0 saturated heterocycles. The van der Waals surface area contributed by atoms with Crippen LogP contribution in [0.2, 0.25) is 10.0 Å². The van der Waals surface area contributed by atoms with Crippen LogP contribution in [0.1, 0.15) is 30.3 Å². The van der Waals surface area contributed by atoms with Crippen LogP contribution in [0, 0.1) is 13.8 Å². The summed E-state index contributed by atoms with van der Waals surface area (Å²) in [5.74, 6) is 0. The van der Waals surface area contributed by atoms with Crippen LogP contribution in [0.5, 0.6) is 0 Å². The van der Waals surface area contributed by atoms with E-state index in [1.54, 1.807) is 0 Å². The van der Waals surface area contributed by atoms with E-state index in [0.29, 0.717) is 5.02 Å². The zero-order chi connectivity index (χ0) is 14.7. The van der Waals surface area contributed by atoms with Crippen molar-refractivity contribution >= 4 is 23.2 Å². The number of aromatic nitrogens is 2. The molecule has 108 valence electrons. The molecule has 1 aromatic heterocycles. The lowest BCUT2D eigenvalue weighted by Gasteiger charge is -2.13. The second-order valence-electron chi connectivity index (χ2n) is 4.81. The summed E-state index contributed by atoms with van der Waals surface area (Å²) in [7, 11) is 0. The van der Waals surface area contributed by atoms with Crippen LogP contribution in [0.15, 0.2) is 18.2 Å². The summed E-state index contributed by atoms with van der Waals surface area (Å²) >= 11 is 12.6. The monoisotopic (exact) mass is 311 g/mol.